The summed E-state index contributed by atoms with van der Waals surface area (Å²) in [6.07, 6.45) is 3.32. The molecule has 0 amide bonds. The van der Waals surface area contributed by atoms with Crippen molar-refractivity contribution < 1.29 is 19.7 Å². The minimum Gasteiger partial charge on any atom is -0.481 e. The number of hydrogen-bond donors (Lipinski definition) is 4. The summed E-state index contributed by atoms with van der Waals surface area (Å²) in [5.74, 6) is -0.197. The fourth-order valence-corrected chi connectivity index (χ4v) is 5.29. The lowest BCUT2D eigenvalue weighted by Crippen LogP contribution is -2.23. The number of thiazole rings is 1. The molecule has 9 nitrogen and oxygen atoms in total. The summed E-state index contributed by atoms with van der Waals surface area (Å²) in [7, 11) is 1.54. The number of benzene rings is 3. The van der Waals surface area contributed by atoms with Crippen LogP contribution in [0.4, 0.5) is 11.6 Å². The molecule has 192 valence electrons. The predicted molar refractivity (Wildman–Crippen MR) is 147 cm³/mol. The number of nitrogens with two attached hydrogens (primary N) is 1. The Hall–Kier alpha value is -4.38. The molecule has 38 heavy (non-hydrogen) atoms. The fourth-order valence-electron chi connectivity index (χ4n) is 4.33. The Labute approximate surface area is 222 Å². The third-order valence-electron chi connectivity index (χ3n) is 6.21. The number of nitrogens with zero attached hydrogens (tertiary/aromatic N) is 3. The molecule has 2 aromatic heterocycles. The van der Waals surface area contributed by atoms with Gasteiger partial charge in [-0.25, -0.2) is 14.8 Å². The fraction of sp³-hybridized carbons (Fsp3) is 0.143. The first-order valence-corrected chi connectivity index (χ1v) is 12.5. The number of carboxylic acid groups (broad SMARTS) is 1. The lowest BCUT2D eigenvalue weighted by Gasteiger charge is -2.23. The number of aliphatic hydroxyl groups is 1. The Kier molecular flexibility index (Phi) is 6.77. The zero-order chi connectivity index (χ0) is 26.9. The molecule has 0 saturated carbocycles. The molecule has 5 rings (SSSR count). The van der Waals surface area contributed by atoms with Crippen LogP contribution in [0.5, 0.6) is 5.88 Å². The van der Waals surface area contributed by atoms with Crippen molar-refractivity contribution in [3.05, 3.63) is 94.8 Å². The van der Waals surface area contributed by atoms with E-state index >= 15 is 0 Å². The van der Waals surface area contributed by atoms with Crippen molar-refractivity contribution in [1.29, 1.82) is 0 Å². The van der Waals surface area contributed by atoms with Crippen LogP contribution in [0, 0.1) is 0 Å². The van der Waals surface area contributed by atoms with E-state index < -0.39 is 11.6 Å². The number of rotatable bonds is 8. The molecule has 0 aliphatic carbocycles. The van der Waals surface area contributed by atoms with Gasteiger partial charge in [0.1, 0.15) is 10.6 Å². The van der Waals surface area contributed by atoms with Crippen molar-refractivity contribution in [3.8, 4) is 16.3 Å². The minimum absolute atomic E-state index is 0.179. The van der Waals surface area contributed by atoms with Crippen LogP contribution in [-0.2, 0) is 12.1 Å². The van der Waals surface area contributed by atoms with Gasteiger partial charge in [0.15, 0.2) is 0 Å². The third kappa shape index (κ3) is 4.80. The maximum absolute atomic E-state index is 11.7. The van der Waals surface area contributed by atoms with E-state index in [2.05, 4.69) is 20.3 Å². The van der Waals surface area contributed by atoms with Crippen LogP contribution in [0.2, 0.25) is 0 Å². The highest BCUT2D eigenvalue weighted by Gasteiger charge is 2.32. The van der Waals surface area contributed by atoms with Gasteiger partial charge in [-0.15, -0.1) is 11.3 Å². The van der Waals surface area contributed by atoms with Crippen molar-refractivity contribution in [2.24, 2.45) is 5.73 Å². The highest BCUT2D eigenvalue weighted by atomic mass is 32.1. The molecule has 5 aromatic rings. The molecule has 0 aliphatic heterocycles. The highest BCUT2D eigenvalue weighted by molar-refractivity contribution is 7.15. The van der Waals surface area contributed by atoms with Gasteiger partial charge in [0, 0.05) is 30.7 Å². The summed E-state index contributed by atoms with van der Waals surface area (Å²) in [6, 6.07) is 17.8. The van der Waals surface area contributed by atoms with Crippen LogP contribution in [0.3, 0.4) is 0 Å². The van der Waals surface area contributed by atoms with E-state index in [1.165, 1.54) is 17.4 Å². The topological polar surface area (TPSA) is 143 Å². The number of hydrogen-bond acceptors (Lipinski definition) is 9. The van der Waals surface area contributed by atoms with Gasteiger partial charge in [0.05, 0.1) is 17.6 Å². The normalized spacial score (nSPS) is 12.7. The molecule has 3 aromatic carbocycles. The second-order valence-corrected chi connectivity index (χ2v) is 9.81. The van der Waals surface area contributed by atoms with E-state index in [9.17, 15) is 15.0 Å². The van der Waals surface area contributed by atoms with Crippen molar-refractivity contribution in [1.82, 2.24) is 15.0 Å². The molecule has 1 unspecified atom stereocenters. The molecular formula is C28H25N5O4S. The quantitative estimate of drug-likeness (QED) is 0.221. The molecule has 2 heterocycles. The van der Waals surface area contributed by atoms with Crippen LogP contribution in [0.15, 0.2) is 73.1 Å². The van der Waals surface area contributed by atoms with Crippen LogP contribution in [-0.4, -0.2) is 38.2 Å². The van der Waals surface area contributed by atoms with Crippen LogP contribution in [0.25, 0.3) is 21.2 Å². The van der Waals surface area contributed by atoms with Gasteiger partial charge in [-0.2, -0.15) is 4.98 Å². The molecule has 0 aliphatic rings. The zero-order valence-corrected chi connectivity index (χ0v) is 21.5. The first kappa shape index (κ1) is 25.3. The van der Waals surface area contributed by atoms with Gasteiger partial charge in [-0.1, -0.05) is 30.3 Å². The summed E-state index contributed by atoms with van der Waals surface area (Å²) < 4.78 is 5.18. The molecule has 0 spiro atoms. The number of aromatic carboxylic acids is 1. The van der Waals surface area contributed by atoms with Gasteiger partial charge in [-0.05, 0) is 58.7 Å². The number of carbonyl (C=O) groups is 1. The SMILES string of the molecule is COc1ccnc(Nc2cc(CN)cc(-c3cnc(C(C)(O)c4ccc(C(=O)O)c5ccccc45)s3)c2)n1. The number of ether oxygens (including phenoxy) is 1. The third-order valence-corrected chi connectivity index (χ3v) is 7.47. The van der Waals surface area contributed by atoms with E-state index in [1.807, 2.05) is 30.3 Å². The Bertz CT molecular complexity index is 1650. The van der Waals surface area contributed by atoms with Gasteiger partial charge in [0.2, 0.25) is 11.8 Å². The summed E-state index contributed by atoms with van der Waals surface area (Å²) in [5, 5.41) is 26.2. The van der Waals surface area contributed by atoms with E-state index in [0.717, 1.165) is 21.7 Å². The molecule has 0 fully saturated rings. The Morgan fingerprint density at radius 3 is 2.63 bits per heavy atom. The Morgan fingerprint density at radius 2 is 1.89 bits per heavy atom. The van der Waals surface area contributed by atoms with Crippen molar-refractivity contribution in [2.45, 2.75) is 19.1 Å². The molecule has 10 heteroatoms. The largest absolute Gasteiger partial charge is 0.481 e. The molecule has 0 radical (unpaired) electrons. The van der Waals surface area contributed by atoms with Gasteiger partial charge >= 0.3 is 5.97 Å². The number of methoxy groups -OCH3 is 1. The van der Waals surface area contributed by atoms with Crippen molar-refractivity contribution >= 4 is 39.7 Å². The molecule has 1 atom stereocenters. The summed E-state index contributed by atoms with van der Waals surface area (Å²) in [5.41, 5.74) is 7.77. The van der Waals surface area contributed by atoms with E-state index in [1.54, 1.807) is 50.7 Å². The maximum atomic E-state index is 11.7. The molecule has 0 saturated heterocycles. The first-order chi connectivity index (χ1) is 18.3. The summed E-state index contributed by atoms with van der Waals surface area (Å²) >= 11 is 1.35. The van der Waals surface area contributed by atoms with E-state index in [0.29, 0.717) is 39.7 Å². The van der Waals surface area contributed by atoms with Crippen LogP contribution < -0.4 is 15.8 Å². The molecule has 5 N–H and O–H groups in total. The van der Waals surface area contributed by atoms with Gasteiger partial charge in [-0.3, -0.25) is 0 Å². The minimum atomic E-state index is -1.46. The number of anilines is 2. The standard InChI is InChI=1S/C28H25N5O4S/c1-28(36,22-8-7-21(25(34)35)19-5-3-4-6-20(19)22)26-31-15-23(38-26)17-11-16(14-29)12-18(13-17)32-27-30-10-9-24(33-27)37-2/h3-13,15,36H,14,29H2,1-2H3,(H,34,35)(H,30,32,33). The second kappa shape index (κ2) is 10.2. The van der Waals surface area contributed by atoms with Crippen LogP contribution in [0.1, 0.15) is 33.4 Å². The summed E-state index contributed by atoms with van der Waals surface area (Å²) in [6.45, 7) is 1.99. The predicted octanol–water partition coefficient (Wildman–Crippen LogP) is 4.92. The van der Waals surface area contributed by atoms with E-state index in [-0.39, 0.29) is 5.56 Å². The van der Waals surface area contributed by atoms with E-state index in [4.69, 9.17) is 10.5 Å². The smallest absolute Gasteiger partial charge is 0.336 e. The van der Waals surface area contributed by atoms with Crippen LogP contribution >= 0.6 is 11.3 Å². The van der Waals surface area contributed by atoms with Crippen molar-refractivity contribution in [3.63, 3.8) is 0 Å². The summed E-state index contributed by atoms with van der Waals surface area (Å²) in [4.78, 5) is 25.7. The zero-order valence-electron chi connectivity index (χ0n) is 20.7. The average Bonchev–Trinajstić information content (AvgIpc) is 3.44. The highest BCUT2D eigenvalue weighted by Crippen LogP contribution is 2.40. The number of fused-ring (bicyclic) bond motifs is 1. The molecular weight excluding hydrogens is 502 g/mol. The Balaban J connectivity index is 1.52. The maximum Gasteiger partial charge on any atom is 0.336 e. The second-order valence-electron chi connectivity index (χ2n) is 8.78. The molecule has 0 bridgehead atoms. The lowest BCUT2D eigenvalue weighted by atomic mass is 9.89. The number of carboxylic acids is 1. The van der Waals surface area contributed by atoms with Crippen molar-refractivity contribution in [2.75, 3.05) is 12.4 Å². The van der Waals surface area contributed by atoms with Gasteiger partial charge < -0.3 is 26.0 Å². The number of aromatic nitrogens is 3. The monoisotopic (exact) mass is 527 g/mol. The lowest BCUT2D eigenvalue weighted by molar-refractivity contribution is 0.0698. The first-order valence-electron chi connectivity index (χ1n) is 11.7. The van der Waals surface area contributed by atoms with Gasteiger partial charge in [0.25, 0.3) is 0 Å². The average molecular weight is 528 g/mol. The number of nitrogens with one attached hydrogen (secondary N) is 1. The Morgan fingerprint density at radius 1 is 1.11 bits per heavy atom.